The number of amides is 1. The molecule has 20 heavy (non-hydrogen) atoms. The van der Waals surface area contributed by atoms with Gasteiger partial charge in [-0.3, -0.25) is 14.7 Å². The van der Waals surface area contributed by atoms with Crippen molar-refractivity contribution in [3.63, 3.8) is 0 Å². The first-order chi connectivity index (χ1) is 9.36. The van der Waals surface area contributed by atoms with Crippen molar-refractivity contribution in [3.05, 3.63) is 29.6 Å². The second kappa shape index (κ2) is 5.92. The number of carbonyl (C=O) groups excluding carboxylic acids is 1. The number of rotatable bonds is 2. The van der Waals surface area contributed by atoms with E-state index in [2.05, 4.69) is 42.8 Å². The van der Waals surface area contributed by atoms with Crippen molar-refractivity contribution in [2.24, 2.45) is 0 Å². The van der Waals surface area contributed by atoms with E-state index in [0.717, 1.165) is 38.4 Å². The standard InChI is InChI=1S/C16H25N3O/c1-13(20)19-9-7-18(8-10-19)12-14-5-6-15(17-11-14)16(2,3)4/h5-6,11H,7-10,12H2,1-4H3. The Hall–Kier alpha value is -1.42. The van der Waals surface area contributed by atoms with Gasteiger partial charge in [-0.2, -0.15) is 0 Å². The lowest BCUT2D eigenvalue weighted by Gasteiger charge is -2.34. The van der Waals surface area contributed by atoms with Crippen LogP contribution in [-0.4, -0.2) is 46.9 Å². The van der Waals surface area contributed by atoms with Crippen LogP contribution in [0.4, 0.5) is 0 Å². The van der Waals surface area contributed by atoms with Crippen molar-refractivity contribution >= 4 is 5.91 Å². The molecule has 0 bridgehead atoms. The molecule has 0 N–H and O–H groups in total. The normalized spacial score (nSPS) is 17.3. The molecule has 0 saturated carbocycles. The molecule has 0 atom stereocenters. The summed E-state index contributed by atoms with van der Waals surface area (Å²) in [4.78, 5) is 20.2. The fraction of sp³-hybridized carbons (Fsp3) is 0.625. The Morgan fingerprint density at radius 1 is 1.20 bits per heavy atom. The lowest BCUT2D eigenvalue weighted by Crippen LogP contribution is -2.47. The summed E-state index contributed by atoms with van der Waals surface area (Å²) in [5.41, 5.74) is 2.47. The maximum absolute atomic E-state index is 11.3. The summed E-state index contributed by atoms with van der Waals surface area (Å²) in [5.74, 6) is 0.181. The quantitative estimate of drug-likeness (QED) is 0.829. The van der Waals surface area contributed by atoms with Crippen LogP contribution < -0.4 is 0 Å². The summed E-state index contributed by atoms with van der Waals surface area (Å²) < 4.78 is 0. The van der Waals surface area contributed by atoms with Crippen LogP contribution in [0.1, 0.15) is 39.0 Å². The highest BCUT2D eigenvalue weighted by Crippen LogP contribution is 2.20. The average molecular weight is 275 g/mol. The topological polar surface area (TPSA) is 36.4 Å². The number of hydrogen-bond donors (Lipinski definition) is 0. The predicted octanol–water partition coefficient (Wildman–Crippen LogP) is 2.04. The summed E-state index contributed by atoms with van der Waals surface area (Å²) in [5, 5.41) is 0. The Kier molecular flexibility index (Phi) is 4.43. The maximum atomic E-state index is 11.3. The Morgan fingerprint density at radius 2 is 1.85 bits per heavy atom. The third kappa shape index (κ3) is 3.79. The molecule has 4 nitrogen and oxygen atoms in total. The molecule has 1 aliphatic heterocycles. The second-order valence-electron chi connectivity index (χ2n) is 6.58. The number of carbonyl (C=O) groups is 1. The van der Waals surface area contributed by atoms with Gasteiger partial charge in [-0.25, -0.2) is 0 Å². The van der Waals surface area contributed by atoms with Gasteiger partial charge >= 0.3 is 0 Å². The van der Waals surface area contributed by atoms with Crippen LogP contribution in [-0.2, 0) is 16.8 Å². The second-order valence-corrected chi connectivity index (χ2v) is 6.58. The van der Waals surface area contributed by atoms with Gasteiger partial charge < -0.3 is 4.90 Å². The van der Waals surface area contributed by atoms with Crippen LogP contribution in [0.15, 0.2) is 18.3 Å². The van der Waals surface area contributed by atoms with Crippen molar-refractivity contribution in [3.8, 4) is 0 Å². The molecule has 2 heterocycles. The molecule has 1 saturated heterocycles. The fourth-order valence-electron chi connectivity index (χ4n) is 2.44. The van der Waals surface area contributed by atoms with E-state index in [4.69, 9.17) is 0 Å². The fourth-order valence-corrected chi connectivity index (χ4v) is 2.44. The van der Waals surface area contributed by atoms with Gasteiger partial charge in [-0.15, -0.1) is 0 Å². The van der Waals surface area contributed by atoms with Gasteiger partial charge in [0.2, 0.25) is 5.91 Å². The number of pyridine rings is 1. The lowest BCUT2D eigenvalue weighted by molar-refractivity contribution is -0.130. The average Bonchev–Trinajstić information content (AvgIpc) is 2.39. The minimum Gasteiger partial charge on any atom is -0.340 e. The van der Waals surface area contributed by atoms with E-state index in [0.29, 0.717) is 0 Å². The maximum Gasteiger partial charge on any atom is 0.219 e. The number of nitrogens with zero attached hydrogens (tertiary/aromatic N) is 3. The van der Waals surface area contributed by atoms with Crippen LogP contribution in [0.3, 0.4) is 0 Å². The highest BCUT2D eigenvalue weighted by molar-refractivity contribution is 5.73. The molecule has 0 radical (unpaired) electrons. The van der Waals surface area contributed by atoms with E-state index in [9.17, 15) is 4.79 Å². The van der Waals surface area contributed by atoms with E-state index in [1.165, 1.54) is 5.56 Å². The first kappa shape index (κ1) is 15.0. The highest BCUT2D eigenvalue weighted by Gasteiger charge is 2.19. The molecule has 0 spiro atoms. The number of aromatic nitrogens is 1. The first-order valence-electron chi connectivity index (χ1n) is 7.29. The van der Waals surface area contributed by atoms with Gasteiger partial charge in [-0.05, 0) is 11.6 Å². The molecule has 1 amide bonds. The molecule has 4 heteroatoms. The van der Waals surface area contributed by atoms with E-state index in [-0.39, 0.29) is 11.3 Å². The van der Waals surface area contributed by atoms with Crippen LogP contribution in [0.5, 0.6) is 0 Å². The zero-order valence-corrected chi connectivity index (χ0v) is 13.0. The zero-order chi connectivity index (χ0) is 14.8. The summed E-state index contributed by atoms with van der Waals surface area (Å²) >= 11 is 0. The van der Waals surface area contributed by atoms with Gasteiger partial charge in [0, 0.05) is 57.0 Å². The van der Waals surface area contributed by atoms with Crippen molar-refractivity contribution in [1.29, 1.82) is 0 Å². The van der Waals surface area contributed by atoms with Gasteiger partial charge in [0.25, 0.3) is 0 Å². The summed E-state index contributed by atoms with van der Waals surface area (Å²) in [7, 11) is 0. The van der Waals surface area contributed by atoms with Crippen LogP contribution >= 0.6 is 0 Å². The van der Waals surface area contributed by atoms with Gasteiger partial charge in [-0.1, -0.05) is 26.8 Å². The lowest BCUT2D eigenvalue weighted by atomic mass is 9.91. The largest absolute Gasteiger partial charge is 0.340 e. The molecule has 0 aliphatic carbocycles. The Balaban J connectivity index is 1.90. The molecule has 1 aromatic rings. The highest BCUT2D eigenvalue weighted by atomic mass is 16.2. The smallest absolute Gasteiger partial charge is 0.219 e. The number of piperazine rings is 1. The molecule has 1 fully saturated rings. The summed E-state index contributed by atoms with van der Waals surface area (Å²) in [6.07, 6.45) is 1.98. The van der Waals surface area contributed by atoms with Crippen molar-refractivity contribution in [2.45, 2.75) is 39.7 Å². The minimum absolute atomic E-state index is 0.103. The van der Waals surface area contributed by atoms with Gasteiger partial charge in [0.15, 0.2) is 0 Å². The van der Waals surface area contributed by atoms with E-state index in [1.807, 2.05) is 11.1 Å². The minimum atomic E-state index is 0.103. The van der Waals surface area contributed by atoms with E-state index < -0.39 is 0 Å². The van der Waals surface area contributed by atoms with Crippen molar-refractivity contribution in [1.82, 2.24) is 14.8 Å². The monoisotopic (exact) mass is 275 g/mol. The van der Waals surface area contributed by atoms with Gasteiger partial charge in [0.1, 0.15) is 0 Å². The molecule has 2 rings (SSSR count). The zero-order valence-electron chi connectivity index (χ0n) is 13.0. The van der Waals surface area contributed by atoms with Crippen LogP contribution in [0.2, 0.25) is 0 Å². The first-order valence-corrected chi connectivity index (χ1v) is 7.29. The molecule has 1 aliphatic rings. The number of hydrogen-bond acceptors (Lipinski definition) is 3. The van der Waals surface area contributed by atoms with E-state index in [1.54, 1.807) is 6.92 Å². The third-order valence-corrected chi connectivity index (χ3v) is 3.82. The van der Waals surface area contributed by atoms with E-state index >= 15 is 0 Å². The molecule has 0 aromatic carbocycles. The Bertz CT molecular complexity index is 454. The molecule has 110 valence electrons. The third-order valence-electron chi connectivity index (χ3n) is 3.82. The molecular formula is C16H25N3O. The van der Waals surface area contributed by atoms with Gasteiger partial charge in [0.05, 0.1) is 0 Å². The van der Waals surface area contributed by atoms with Crippen LogP contribution in [0.25, 0.3) is 0 Å². The Morgan fingerprint density at radius 3 is 2.30 bits per heavy atom. The summed E-state index contributed by atoms with van der Waals surface area (Å²) in [6, 6.07) is 4.30. The molecule has 1 aromatic heterocycles. The molecule has 0 unspecified atom stereocenters. The van der Waals surface area contributed by atoms with Crippen LogP contribution in [0, 0.1) is 0 Å². The summed E-state index contributed by atoms with van der Waals surface area (Å²) in [6.45, 7) is 12.7. The SMILES string of the molecule is CC(=O)N1CCN(Cc2ccc(C(C)(C)C)nc2)CC1. The molecular weight excluding hydrogens is 250 g/mol. The van der Waals surface area contributed by atoms with Crippen molar-refractivity contribution < 1.29 is 4.79 Å². The predicted molar refractivity (Wildman–Crippen MR) is 80.5 cm³/mol. The Labute approximate surface area is 121 Å². The van der Waals surface area contributed by atoms with Crippen molar-refractivity contribution in [2.75, 3.05) is 26.2 Å².